The first-order valence-electron chi connectivity index (χ1n) is 10.5. The summed E-state index contributed by atoms with van der Waals surface area (Å²) in [6.45, 7) is 2.71. The summed E-state index contributed by atoms with van der Waals surface area (Å²) in [5.41, 5.74) is 2.86. The maximum absolute atomic E-state index is 13.7. The Kier molecular flexibility index (Phi) is 4.90. The quantitative estimate of drug-likeness (QED) is 0.599. The molecule has 1 aromatic heterocycles. The molecule has 31 heavy (non-hydrogen) atoms. The van der Waals surface area contributed by atoms with Gasteiger partial charge in [0.2, 0.25) is 5.91 Å². The number of aromatic amines is 1. The fraction of sp³-hybridized carbons (Fsp3) is 0.333. The van der Waals surface area contributed by atoms with E-state index in [2.05, 4.69) is 39.1 Å². The van der Waals surface area contributed by atoms with Crippen molar-refractivity contribution < 1.29 is 14.7 Å². The number of hydrogen-bond acceptors (Lipinski definition) is 3. The summed E-state index contributed by atoms with van der Waals surface area (Å²) in [5, 5.41) is 10.3. The molecule has 0 unspecified atom stereocenters. The van der Waals surface area contributed by atoms with Crippen molar-refractivity contribution in [3.8, 4) is 0 Å². The fourth-order valence-electron chi connectivity index (χ4n) is 5.11. The Morgan fingerprint density at radius 2 is 1.90 bits per heavy atom. The van der Waals surface area contributed by atoms with Crippen molar-refractivity contribution in [2.45, 2.75) is 24.8 Å². The standard InChI is InChI=1S/C24H24BrN3O3/c1-24-22-21(17-5-2-3-6-19(17)26-22)18(15-7-9-16(25)10-8-15)13-28(24)20(30)14-27(23(24)31)11-4-12-29/h2-3,5-10,18,26,29H,4,11-14H2,1H3/t18-,24+/m1/s1. The van der Waals surface area contributed by atoms with Crippen LogP contribution in [0.5, 0.6) is 0 Å². The van der Waals surface area contributed by atoms with Crippen LogP contribution < -0.4 is 0 Å². The molecule has 5 rings (SSSR count). The molecular formula is C24H24BrN3O3. The third-order valence-electron chi connectivity index (χ3n) is 6.68. The number of para-hydroxylation sites is 1. The summed E-state index contributed by atoms with van der Waals surface area (Å²) in [6, 6.07) is 16.2. The number of amides is 2. The van der Waals surface area contributed by atoms with E-state index in [1.54, 1.807) is 9.80 Å². The van der Waals surface area contributed by atoms with E-state index in [0.717, 1.165) is 32.2 Å². The number of aromatic nitrogens is 1. The molecule has 160 valence electrons. The summed E-state index contributed by atoms with van der Waals surface area (Å²) in [6.07, 6.45) is 0.455. The number of H-pyrrole nitrogens is 1. The van der Waals surface area contributed by atoms with Gasteiger partial charge >= 0.3 is 0 Å². The van der Waals surface area contributed by atoms with Gasteiger partial charge in [-0.15, -0.1) is 0 Å². The first-order chi connectivity index (χ1) is 14.9. The van der Waals surface area contributed by atoms with Crippen molar-refractivity contribution >= 4 is 38.6 Å². The third-order valence-corrected chi connectivity index (χ3v) is 7.20. The van der Waals surface area contributed by atoms with Crippen molar-refractivity contribution in [1.82, 2.24) is 14.8 Å². The SMILES string of the molecule is C[C@]12C(=O)N(CCCO)CC(=O)N1C[C@H](c1ccc(Br)cc1)c1c2[nH]c2ccccc12. The number of nitrogens with one attached hydrogen (secondary N) is 1. The Morgan fingerprint density at radius 1 is 1.16 bits per heavy atom. The normalized spacial score (nSPS) is 23.3. The van der Waals surface area contributed by atoms with Crippen LogP contribution in [0.3, 0.4) is 0 Å². The van der Waals surface area contributed by atoms with E-state index in [1.165, 1.54) is 0 Å². The molecule has 6 nitrogen and oxygen atoms in total. The second-order valence-corrected chi connectivity index (χ2v) is 9.36. The monoisotopic (exact) mass is 481 g/mol. The molecule has 3 heterocycles. The molecule has 2 amide bonds. The molecule has 2 aliphatic rings. The van der Waals surface area contributed by atoms with Crippen LogP contribution in [0.15, 0.2) is 53.0 Å². The minimum Gasteiger partial charge on any atom is -0.396 e. The Balaban J connectivity index is 1.72. The second-order valence-electron chi connectivity index (χ2n) is 8.44. The van der Waals surface area contributed by atoms with Gasteiger partial charge in [-0.3, -0.25) is 9.59 Å². The summed E-state index contributed by atoms with van der Waals surface area (Å²) in [4.78, 5) is 33.8. The van der Waals surface area contributed by atoms with E-state index in [4.69, 9.17) is 0 Å². The first-order valence-corrected chi connectivity index (χ1v) is 11.3. The van der Waals surface area contributed by atoms with Gasteiger partial charge in [0.25, 0.3) is 5.91 Å². The van der Waals surface area contributed by atoms with Crippen LogP contribution in [0.2, 0.25) is 0 Å². The van der Waals surface area contributed by atoms with Gasteiger partial charge in [-0.2, -0.15) is 0 Å². The predicted octanol–water partition coefficient (Wildman–Crippen LogP) is 3.34. The molecular weight excluding hydrogens is 458 g/mol. The van der Waals surface area contributed by atoms with Crippen molar-refractivity contribution in [1.29, 1.82) is 0 Å². The van der Waals surface area contributed by atoms with Gasteiger partial charge in [0.15, 0.2) is 5.54 Å². The number of benzene rings is 2. The highest BCUT2D eigenvalue weighted by molar-refractivity contribution is 9.10. The number of nitrogens with zero attached hydrogens (tertiary/aromatic N) is 2. The van der Waals surface area contributed by atoms with Gasteiger partial charge < -0.3 is 19.9 Å². The van der Waals surface area contributed by atoms with Crippen molar-refractivity contribution in [3.63, 3.8) is 0 Å². The molecule has 3 aromatic rings. The van der Waals surface area contributed by atoms with Crippen LogP contribution in [0.4, 0.5) is 0 Å². The second kappa shape index (κ2) is 7.50. The van der Waals surface area contributed by atoms with Gasteiger partial charge in [-0.05, 0) is 42.7 Å². The predicted molar refractivity (Wildman–Crippen MR) is 122 cm³/mol. The Morgan fingerprint density at radius 3 is 2.65 bits per heavy atom. The summed E-state index contributed by atoms with van der Waals surface area (Å²) in [5.74, 6) is -0.192. The molecule has 0 spiro atoms. The lowest BCUT2D eigenvalue weighted by Crippen LogP contribution is -2.67. The maximum Gasteiger partial charge on any atom is 0.254 e. The Labute approximate surface area is 189 Å². The Bertz CT molecular complexity index is 1170. The Hall–Kier alpha value is -2.64. The van der Waals surface area contributed by atoms with Gasteiger partial charge in [0.1, 0.15) is 0 Å². The first kappa shape index (κ1) is 20.3. The number of piperazine rings is 1. The maximum atomic E-state index is 13.7. The fourth-order valence-corrected chi connectivity index (χ4v) is 5.38. The average Bonchev–Trinajstić information content (AvgIpc) is 3.17. The van der Waals surface area contributed by atoms with Crippen molar-refractivity contribution in [2.24, 2.45) is 0 Å². The highest BCUT2D eigenvalue weighted by Crippen LogP contribution is 2.48. The van der Waals surface area contributed by atoms with E-state index >= 15 is 0 Å². The number of fused-ring (bicyclic) bond motifs is 5. The minimum atomic E-state index is -1.09. The number of carbonyl (C=O) groups is 2. The highest BCUT2D eigenvalue weighted by atomic mass is 79.9. The number of hydrogen-bond donors (Lipinski definition) is 2. The zero-order chi connectivity index (χ0) is 21.8. The van der Waals surface area contributed by atoms with E-state index in [0.29, 0.717) is 19.5 Å². The van der Waals surface area contributed by atoms with Crippen LogP contribution >= 0.6 is 15.9 Å². The van der Waals surface area contributed by atoms with E-state index < -0.39 is 5.54 Å². The molecule has 0 aliphatic carbocycles. The largest absolute Gasteiger partial charge is 0.396 e. The molecule has 2 N–H and O–H groups in total. The molecule has 2 aliphatic heterocycles. The number of carbonyl (C=O) groups excluding carboxylic acids is 2. The lowest BCUT2D eigenvalue weighted by Gasteiger charge is -2.51. The number of halogens is 1. The third kappa shape index (κ3) is 3.02. The lowest BCUT2D eigenvalue weighted by molar-refractivity contribution is -0.166. The van der Waals surface area contributed by atoms with Gasteiger partial charge in [0.05, 0.1) is 12.2 Å². The number of aliphatic hydroxyl groups excluding tert-OH is 1. The van der Waals surface area contributed by atoms with Crippen molar-refractivity contribution in [3.05, 3.63) is 69.8 Å². The van der Waals surface area contributed by atoms with E-state index in [-0.39, 0.29) is 30.9 Å². The lowest BCUT2D eigenvalue weighted by atomic mass is 9.76. The molecule has 1 fully saturated rings. The highest BCUT2D eigenvalue weighted by Gasteiger charge is 2.56. The zero-order valence-electron chi connectivity index (χ0n) is 17.3. The molecule has 0 saturated carbocycles. The zero-order valence-corrected chi connectivity index (χ0v) is 18.9. The smallest absolute Gasteiger partial charge is 0.254 e. The summed E-state index contributed by atoms with van der Waals surface area (Å²) < 4.78 is 1.000. The van der Waals surface area contributed by atoms with Crippen LogP contribution in [0.1, 0.15) is 36.1 Å². The summed E-state index contributed by atoms with van der Waals surface area (Å²) in [7, 11) is 0. The van der Waals surface area contributed by atoms with Gasteiger partial charge in [0, 0.05) is 41.0 Å². The average molecular weight is 482 g/mol. The molecule has 0 bridgehead atoms. The summed E-state index contributed by atoms with van der Waals surface area (Å²) >= 11 is 3.50. The van der Waals surface area contributed by atoms with Crippen molar-refractivity contribution in [2.75, 3.05) is 26.2 Å². The molecule has 2 atom stereocenters. The van der Waals surface area contributed by atoms with Gasteiger partial charge in [-0.1, -0.05) is 46.3 Å². The van der Waals surface area contributed by atoms with E-state index in [1.807, 2.05) is 37.3 Å². The van der Waals surface area contributed by atoms with Gasteiger partial charge in [-0.25, -0.2) is 0 Å². The van der Waals surface area contributed by atoms with Crippen LogP contribution in [0.25, 0.3) is 10.9 Å². The topological polar surface area (TPSA) is 76.6 Å². The number of rotatable bonds is 4. The molecule has 7 heteroatoms. The van der Waals surface area contributed by atoms with Crippen LogP contribution in [-0.2, 0) is 15.1 Å². The minimum absolute atomic E-state index is 0.0122. The molecule has 2 aromatic carbocycles. The van der Waals surface area contributed by atoms with E-state index in [9.17, 15) is 14.7 Å². The molecule has 1 saturated heterocycles. The van der Waals surface area contributed by atoms with Crippen LogP contribution in [0, 0.1) is 0 Å². The van der Waals surface area contributed by atoms with Crippen LogP contribution in [-0.4, -0.2) is 57.9 Å². The molecule has 0 radical (unpaired) electrons. The number of aliphatic hydroxyl groups is 1.